The standard InChI is InChI=1S/C16H22O5/c1-7-19-13(17)11-12(14(18)20-8-2)16(6)10(4)9(3)15(11,5)21-16/h7-8H2,1-6H3. The number of fused-ring (bicyclic) bond motifs is 2. The van der Waals surface area contributed by atoms with Crippen LogP contribution < -0.4 is 0 Å². The lowest BCUT2D eigenvalue weighted by Crippen LogP contribution is -2.34. The molecule has 5 nitrogen and oxygen atoms in total. The molecule has 5 heteroatoms. The Labute approximate surface area is 124 Å². The lowest BCUT2D eigenvalue weighted by molar-refractivity contribution is -0.142. The van der Waals surface area contributed by atoms with Crippen LogP contribution in [0.15, 0.2) is 22.3 Å². The fraction of sp³-hybridized carbons (Fsp3) is 0.625. The van der Waals surface area contributed by atoms with Crippen LogP contribution in [0.1, 0.15) is 41.5 Å². The highest BCUT2D eigenvalue weighted by Gasteiger charge is 2.63. The van der Waals surface area contributed by atoms with Crippen LogP contribution >= 0.6 is 0 Å². The van der Waals surface area contributed by atoms with Crippen molar-refractivity contribution in [3.8, 4) is 0 Å². The Bertz CT molecular complexity index is 523. The normalized spacial score (nSPS) is 31.0. The third-order valence-electron chi connectivity index (χ3n) is 4.57. The first-order chi connectivity index (χ1) is 9.74. The quantitative estimate of drug-likeness (QED) is 0.588. The largest absolute Gasteiger partial charge is 0.463 e. The Morgan fingerprint density at radius 2 is 1.24 bits per heavy atom. The molecule has 21 heavy (non-hydrogen) atoms. The Morgan fingerprint density at radius 1 is 0.905 bits per heavy atom. The van der Waals surface area contributed by atoms with Gasteiger partial charge in [-0.05, 0) is 52.7 Å². The average molecular weight is 294 g/mol. The van der Waals surface area contributed by atoms with Crippen LogP contribution in [0.3, 0.4) is 0 Å². The first kappa shape index (κ1) is 15.8. The summed E-state index contributed by atoms with van der Waals surface area (Å²) in [6.45, 7) is 11.4. The van der Waals surface area contributed by atoms with Crippen LogP contribution in [0.25, 0.3) is 0 Å². The predicted octanol–water partition coefficient (Wildman–Crippen LogP) is 2.31. The lowest BCUT2D eigenvalue weighted by Gasteiger charge is -2.26. The monoisotopic (exact) mass is 294 g/mol. The summed E-state index contributed by atoms with van der Waals surface area (Å²) in [6, 6.07) is 0. The number of rotatable bonds is 4. The van der Waals surface area contributed by atoms with E-state index in [4.69, 9.17) is 14.2 Å². The van der Waals surface area contributed by atoms with Crippen LogP contribution in [0.4, 0.5) is 0 Å². The number of hydrogen-bond acceptors (Lipinski definition) is 5. The molecule has 2 aliphatic rings. The predicted molar refractivity (Wildman–Crippen MR) is 76.6 cm³/mol. The van der Waals surface area contributed by atoms with Crippen molar-refractivity contribution >= 4 is 11.9 Å². The fourth-order valence-corrected chi connectivity index (χ4v) is 3.23. The van der Waals surface area contributed by atoms with Crippen LogP contribution in [0, 0.1) is 0 Å². The molecule has 0 spiro atoms. The molecule has 0 radical (unpaired) electrons. The molecule has 0 aromatic rings. The summed E-state index contributed by atoms with van der Waals surface area (Å²) >= 11 is 0. The van der Waals surface area contributed by atoms with Gasteiger partial charge in [-0.3, -0.25) is 0 Å². The maximum absolute atomic E-state index is 12.4. The average Bonchev–Trinajstić information content (AvgIpc) is 2.75. The number of ether oxygens (including phenoxy) is 3. The zero-order valence-electron chi connectivity index (χ0n) is 13.5. The van der Waals surface area contributed by atoms with Crippen LogP contribution in [-0.2, 0) is 23.8 Å². The molecule has 2 aliphatic heterocycles. The number of esters is 2. The topological polar surface area (TPSA) is 61.8 Å². The first-order valence-electron chi connectivity index (χ1n) is 7.22. The van der Waals surface area contributed by atoms with E-state index in [1.165, 1.54) is 0 Å². The Kier molecular flexibility index (Phi) is 3.74. The Balaban J connectivity index is 2.63. The molecule has 2 bridgehead atoms. The summed E-state index contributed by atoms with van der Waals surface area (Å²) in [5, 5.41) is 0. The molecule has 0 saturated heterocycles. The highest BCUT2D eigenvalue weighted by molar-refractivity contribution is 6.06. The molecule has 0 amide bonds. The molecule has 2 atom stereocenters. The van der Waals surface area contributed by atoms with E-state index in [2.05, 4.69) is 0 Å². The van der Waals surface area contributed by atoms with E-state index >= 15 is 0 Å². The van der Waals surface area contributed by atoms with Crippen molar-refractivity contribution in [1.82, 2.24) is 0 Å². The molecule has 2 unspecified atom stereocenters. The maximum Gasteiger partial charge on any atom is 0.337 e. The van der Waals surface area contributed by atoms with Gasteiger partial charge in [-0.2, -0.15) is 0 Å². The van der Waals surface area contributed by atoms with E-state index in [0.717, 1.165) is 11.1 Å². The molecule has 0 fully saturated rings. The van der Waals surface area contributed by atoms with E-state index in [-0.39, 0.29) is 24.4 Å². The summed E-state index contributed by atoms with van der Waals surface area (Å²) in [4.78, 5) is 24.7. The van der Waals surface area contributed by atoms with Gasteiger partial charge in [0.25, 0.3) is 0 Å². The molecule has 2 rings (SSSR count). The summed E-state index contributed by atoms with van der Waals surface area (Å²) in [7, 11) is 0. The zero-order valence-corrected chi connectivity index (χ0v) is 13.5. The second-order valence-corrected chi connectivity index (χ2v) is 5.61. The lowest BCUT2D eigenvalue weighted by atomic mass is 9.74. The van der Waals surface area contributed by atoms with Gasteiger partial charge in [0.05, 0.1) is 24.4 Å². The third-order valence-corrected chi connectivity index (χ3v) is 4.57. The molecular formula is C16H22O5. The van der Waals surface area contributed by atoms with Gasteiger partial charge in [0.15, 0.2) is 0 Å². The van der Waals surface area contributed by atoms with E-state index in [0.29, 0.717) is 0 Å². The van der Waals surface area contributed by atoms with Crippen molar-refractivity contribution in [2.75, 3.05) is 13.2 Å². The van der Waals surface area contributed by atoms with Crippen molar-refractivity contribution in [2.45, 2.75) is 52.7 Å². The maximum atomic E-state index is 12.4. The van der Waals surface area contributed by atoms with Gasteiger partial charge in [-0.25, -0.2) is 9.59 Å². The fourth-order valence-electron chi connectivity index (χ4n) is 3.23. The molecule has 0 aliphatic carbocycles. The van der Waals surface area contributed by atoms with E-state index in [9.17, 15) is 9.59 Å². The molecule has 0 aromatic heterocycles. The smallest absolute Gasteiger partial charge is 0.337 e. The minimum Gasteiger partial charge on any atom is -0.463 e. The van der Waals surface area contributed by atoms with Gasteiger partial charge in [-0.15, -0.1) is 0 Å². The summed E-state index contributed by atoms with van der Waals surface area (Å²) in [5.74, 6) is -1.03. The van der Waals surface area contributed by atoms with E-state index < -0.39 is 23.1 Å². The SMILES string of the molecule is CCOC(=O)C1=C(C(=O)OCC)C2(C)OC1(C)C(C)=C2C. The summed E-state index contributed by atoms with van der Waals surface area (Å²) in [6.07, 6.45) is 0. The van der Waals surface area contributed by atoms with Crippen LogP contribution in [0.5, 0.6) is 0 Å². The van der Waals surface area contributed by atoms with Gasteiger partial charge in [0.2, 0.25) is 0 Å². The van der Waals surface area contributed by atoms with Crippen molar-refractivity contribution in [1.29, 1.82) is 0 Å². The molecule has 0 saturated carbocycles. The number of carbonyl (C=O) groups is 2. The zero-order chi connectivity index (χ0) is 16.0. The van der Waals surface area contributed by atoms with Crippen molar-refractivity contribution in [2.24, 2.45) is 0 Å². The molecule has 0 aromatic carbocycles. The number of hydrogen-bond donors (Lipinski definition) is 0. The van der Waals surface area contributed by atoms with Gasteiger partial charge in [0, 0.05) is 0 Å². The van der Waals surface area contributed by atoms with E-state index in [1.54, 1.807) is 27.7 Å². The van der Waals surface area contributed by atoms with Gasteiger partial charge < -0.3 is 14.2 Å². The van der Waals surface area contributed by atoms with Crippen molar-refractivity contribution in [3.63, 3.8) is 0 Å². The highest BCUT2D eigenvalue weighted by atomic mass is 16.6. The highest BCUT2D eigenvalue weighted by Crippen LogP contribution is 2.57. The second kappa shape index (κ2) is 4.98. The van der Waals surface area contributed by atoms with Crippen LogP contribution in [0.2, 0.25) is 0 Å². The Morgan fingerprint density at radius 3 is 1.52 bits per heavy atom. The summed E-state index contributed by atoms with van der Waals surface area (Å²) in [5.41, 5.74) is 0.587. The minimum atomic E-state index is -0.923. The molecule has 0 N–H and O–H groups in total. The summed E-state index contributed by atoms with van der Waals surface area (Å²) < 4.78 is 16.3. The molecule has 116 valence electrons. The van der Waals surface area contributed by atoms with Crippen molar-refractivity contribution < 1.29 is 23.8 Å². The van der Waals surface area contributed by atoms with Gasteiger partial charge in [0.1, 0.15) is 11.2 Å². The first-order valence-corrected chi connectivity index (χ1v) is 7.22. The third kappa shape index (κ3) is 1.94. The Hall–Kier alpha value is -1.62. The molecule has 2 heterocycles. The van der Waals surface area contributed by atoms with Crippen LogP contribution in [-0.4, -0.2) is 36.4 Å². The minimum absolute atomic E-state index is 0.243. The van der Waals surface area contributed by atoms with Crippen molar-refractivity contribution in [3.05, 3.63) is 22.3 Å². The van der Waals surface area contributed by atoms with E-state index in [1.807, 2.05) is 13.8 Å². The van der Waals surface area contributed by atoms with Gasteiger partial charge >= 0.3 is 11.9 Å². The molecular weight excluding hydrogens is 272 g/mol. The second-order valence-electron chi connectivity index (χ2n) is 5.61. The van der Waals surface area contributed by atoms with Gasteiger partial charge in [-0.1, -0.05) is 0 Å². The number of carbonyl (C=O) groups excluding carboxylic acids is 2.